The SMILES string of the molecule is Cc1ccc(C(=O)CN(C)C(C)C(C)(C)C)c(C)c1. The van der Waals surface area contributed by atoms with Crippen LogP contribution in [-0.2, 0) is 0 Å². The smallest absolute Gasteiger partial charge is 0.177 e. The van der Waals surface area contributed by atoms with Gasteiger partial charge in [0, 0.05) is 11.6 Å². The van der Waals surface area contributed by atoms with Gasteiger partial charge in [0.1, 0.15) is 0 Å². The molecule has 0 spiro atoms. The summed E-state index contributed by atoms with van der Waals surface area (Å²) in [6, 6.07) is 6.39. The van der Waals surface area contributed by atoms with Crippen molar-refractivity contribution < 1.29 is 4.79 Å². The number of carbonyl (C=O) groups is 1. The van der Waals surface area contributed by atoms with E-state index >= 15 is 0 Å². The topological polar surface area (TPSA) is 20.3 Å². The summed E-state index contributed by atoms with van der Waals surface area (Å²) in [5, 5.41) is 0. The number of likely N-dealkylation sites (N-methyl/N-ethyl adjacent to an activating group) is 1. The summed E-state index contributed by atoms with van der Waals surface area (Å²) in [7, 11) is 2.03. The third kappa shape index (κ3) is 4.17. The van der Waals surface area contributed by atoms with E-state index in [0.717, 1.165) is 11.1 Å². The molecule has 1 atom stereocenters. The zero-order valence-electron chi connectivity index (χ0n) is 13.4. The number of rotatable bonds is 4. The molecule has 1 aromatic rings. The van der Waals surface area contributed by atoms with Gasteiger partial charge >= 0.3 is 0 Å². The lowest BCUT2D eigenvalue weighted by Crippen LogP contribution is -2.42. The number of Topliss-reactive ketones (excluding diaryl/α,β-unsaturated/α-hetero) is 1. The summed E-state index contributed by atoms with van der Waals surface area (Å²) in [5.41, 5.74) is 3.29. The third-order valence-electron chi connectivity index (χ3n) is 3.99. The Morgan fingerprint density at radius 3 is 2.32 bits per heavy atom. The van der Waals surface area contributed by atoms with Gasteiger partial charge in [0.2, 0.25) is 0 Å². The average Bonchev–Trinajstić information content (AvgIpc) is 2.26. The van der Waals surface area contributed by atoms with E-state index in [1.807, 2.05) is 26.1 Å². The second kappa shape index (κ2) is 5.87. The molecule has 0 bridgehead atoms. The molecular formula is C17H27NO. The molecule has 1 aromatic carbocycles. The highest BCUT2D eigenvalue weighted by Gasteiger charge is 2.25. The van der Waals surface area contributed by atoms with Crippen LogP contribution in [0, 0.1) is 19.3 Å². The first-order valence-electron chi connectivity index (χ1n) is 6.93. The number of hydrogen-bond donors (Lipinski definition) is 0. The fourth-order valence-corrected chi connectivity index (χ4v) is 2.24. The first kappa shape index (κ1) is 15.9. The Morgan fingerprint density at radius 2 is 1.84 bits per heavy atom. The second-order valence-corrected chi connectivity index (χ2v) is 6.70. The van der Waals surface area contributed by atoms with Gasteiger partial charge in [-0.15, -0.1) is 0 Å². The third-order valence-corrected chi connectivity index (χ3v) is 3.99. The van der Waals surface area contributed by atoms with Gasteiger partial charge in [-0.1, -0.05) is 44.5 Å². The van der Waals surface area contributed by atoms with Crippen molar-refractivity contribution in [3.05, 3.63) is 34.9 Å². The molecule has 0 heterocycles. The molecular weight excluding hydrogens is 234 g/mol. The predicted molar refractivity (Wildman–Crippen MR) is 81.8 cm³/mol. The highest BCUT2D eigenvalue weighted by atomic mass is 16.1. The lowest BCUT2D eigenvalue weighted by molar-refractivity contribution is 0.0853. The first-order valence-corrected chi connectivity index (χ1v) is 6.93. The van der Waals surface area contributed by atoms with E-state index in [1.54, 1.807) is 0 Å². The number of nitrogens with zero attached hydrogens (tertiary/aromatic N) is 1. The van der Waals surface area contributed by atoms with Crippen LogP contribution in [0.1, 0.15) is 49.2 Å². The molecule has 0 aromatic heterocycles. The summed E-state index contributed by atoms with van der Waals surface area (Å²) in [4.78, 5) is 14.5. The van der Waals surface area contributed by atoms with Crippen LogP contribution in [0.4, 0.5) is 0 Å². The Balaban J connectivity index is 2.80. The van der Waals surface area contributed by atoms with Gasteiger partial charge in [-0.2, -0.15) is 0 Å². The van der Waals surface area contributed by atoms with E-state index in [-0.39, 0.29) is 11.2 Å². The molecule has 0 aliphatic carbocycles. The highest BCUT2D eigenvalue weighted by Crippen LogP contribution is 2.23. The van der Waals surface area contributed by atoms with Crippen molar-refractivity contribution in [3.8, 4) is 0 Å². The quantitative estimate of drug-likeness (QED) is 0.767. The predicted octanol–water partition coefficient (Wildman–Crippen LogP) is 3.85. The minimum Gasteiger partial charge on any atom is -0.296 e. The van der Waals surface area contributed by atoms with Crippen LogP contribution >= 0.6 is 0 Å². The van der Waals surface area contributed by atoms with Crippen molar-refractivity contribution >= 4 is 5.78 Å². The first-order chi connectivity index (χ1) is 8.62. The lowest BCUT2D eigenvalue weighted by Gasteiger charge is -2.35. The van der Waals surface area contributed by atoms with E-state index < -0.39 is 0 Å². The molecule has 0 fully saturated rings. The van der Waals surface area contributed by atoms with Crippen molar-refractivity contribution in [1.82, 2.24) is 4.90 Å². The standard InChI is InChI=1S/C17H27NO/c1-12-8-9-15(13(2)10-12)16(19)11-18(7)14(3)17(4,5)6/h8-10,14H,11H2,1-7H3. The molecule has 0 amide bonds. The fraction of sp³-hybridized carbons (Fsp3) is 0.588. The van der Waals surface area contributed by atoms with E-state index in [4.69, 9.17) is 0 Å². The van der Waals surface area contributed by atoms with Gasteiger partial charge in [0.15, 0.2) is 5.78 Å². The number of hydrogen-bond acceptors (Lipinski definition) is 2. The van der Waals surface area contributed by atoms with E-state index in [1.165, 1.54) is 5.56 Å². The fourth-order valence-electron chi connectivity index (χ4n) is 2.24. The largest absolute Gasteiger partial charge is 0.296 e. The van der Waals surface area contributed by atoms with Crippen molar-refractivity contribution in [2.24, 2.45) is 5.41 Å². The maximum Gasteiger partial charge on any atom is 0.177 e. The van der Waals surface area contributed by atoms with Gasteiger partial charge in [0.25, 0.3) is 0 Å². The molecule has 2 nitrogen and oxygen atoms in total. The Bertz CT molecular complexity index is 457. The molecule has 0 radical (unpaired) electrons. The van der Waals surface area contributed by atoms with Crippen LogP contribution in [0.3, 0.4) is 0 Å². The van der Waals surface area contributed by atoms with Crippen LogP contribution in [0.25, 0.3) is 0 Å². The maximum atomic E-state index is 12.4. The van der Waals surface area contributed by atoms with Crippen LogP contribution < -0.4 is 0 Å². The summed E-state index contributed by atoms with van der Waals surface area (Å²) in [5.74, 6) is 0.205. The second-order valence-electron chi connectivity index (χ2n) is 6.70. The average molecular weight is 261 g/mol. The Labute approximate surface area is 117 Å². The van der Waals surface area contributed by atoms with Gasteiger partial charge in [-0.3, -0.25) is 9.69 Å². The summed E-state index contributed by atoms with van der Waals surface area (Å²) in [6.07, 6.45) is 0. The molecule has 0 saturated heterocycles. The van der Waals surface area contributed by atoms with Crippen molar-refractivity contribution in [3.63, 3.8) is 0 Å². The van der Waals surface area contributed by atoms with Crippen LogP contribution in [-0.4, -0.2) is 30.3 Å². The van der Waals surface area contributed by atoms with Gasteiger partial charge in [-0.25, -0.2) is 0 Å². The van der Waals surface area contributed by atoms with Crippen molar-refractivity contribution in [1.29, 1.82) is 0 Å². The van der Waals surface area contributed by atoms with E-state index in [9.17, 15) is 4.79 Å². The van der Waals surface area contributed by atoms with E-state index in [0.29, 0.717) is 12.6 Å². The van der Waals surface area contributed by atoms with Crippen molar-refractivity contribution in [2.75, 3.05) is 13.6 Å². The number of benzene rings is 1. The van der Waals surface area contributed by atoms with E-state index in [2.05, 4.69) is 45.6 Å². The van der Waals surface area contributed by atoms with Crippen LogP contribution in [0.5, 0.6) is 0 Å². The number of ketones is 1. The minimum atomic E-state index is 0.178. The molecule has 0 aliphatic heterocycles. The van der Waals surface area contributed by atoms with Crippen LogP contribution in [0.15, 0.2) is 18.2 Å². The molecule has 0 saturated carbocycles. The van der Waals surface area contributed by atoms with Crippen molar-refractivity contribution in [2.45, 2.75) is 47.6 Å². The highest BCUT2D eigenvalue weighted by molar-refractivity contribution is 5.98. The Hall–Kier alpha value is -1.15. The molecule has 0 N–H and O–H groups in total. The summed E-state index contributed by atoms with van der Waals surface area (Å²) < 4.78 is 0. The molecule has 1 rings (SSSR count). The zero-order valence-corrected chi connectivity index (χ0v) is 13.4. The maximum absolute atomic E-state index is 12.4. The molecule has 19 heavy (non-hydrogen) atoms. The minimum absolute atomic E-state index is 0.178. The number of carbonyl (C=O) groups excluding carboxylic acids is 1. The van der Waals surface area contributed by atoms with Gasteiger partial charge in [0.05, 0.1) is 6.54 Å². The molecule has 1 unspecified atom stereocenters. The Morgan fingerprint density at radius 1 is 1.26 bits per heavy atom. The summed E-state index contributed by atoms with van der Waals surface area (Å²) in [6.45, 7) is 13.3. The number of aryl methyl sites for hydroxylation is 2. The van der Waals surface area contributed by atoms with Crippen LogP contribution in [0.2, 0.25) is 0 Å². The lowest BCUT2D eigenvalue weighted by atomic mass is 9.87. The molecule has 0 aliphatic rings. The molecule has 2 heteroatoms. The van der Waals surface area contributed by atoms with Gasteiger partial charge in [-0.05, 0) is 38.8 Å². The zero-order chi connectivity index (χ0) is 14.8. The van der Waals surface area contributed by atoms with Gasteiger partial charge < -0.3 is 0 Å². The molecule has 106 valence electrons. The normalized spacial score (nSPS) is 13.7. The Kier molecular flexibility index (Phi) is 4.92. The monoisotopic (exact) mass is 261 g/mol. The summed E-state index contributed by atoms with van der Waals surface area (Å²) >= 11 is 0.